The lowest BCUT2D eigenvalue weighted by atomic mass is 9.81. The van der Waals surface area contributed by atoms with E-state index in [9.17, 15) is 4.79 Å². The van der Waals surface area contributed by atoms with Gasteiger partial charge in [0.1, 0.15) is 0 Å². The largest absolute Gasteiger partial charge is 0.479 e. The number of nitrogens with zero attached hydrogens (tertiary/aromatic N) is 2. The van der Waals surface area contributed by atoms with Gasteiger partial charge in [0.2, 0.25) is 5.88 Å². The van der Waals surface area contributed by atoms with Crippen LogP contribution in [0.25, 0.3) is 0 Å². The maximum absolute atomic E-state index is 12.3. The smallest absolute Gasteiger partial charge is 0.243 e. The third-order valence-corrected chi connectivity index (χ3v) is 3.25. The zero-order chi connectivity index (χ0) is 12.3. The number of ketones is 1. The van der Waals surface area contributed by atoms with Crippen LogP contribution in [0.2, 0.25) is 0 Å². The molecule has 17 heavy (non-hydrogen) atoms. The molecule has 2 atom stereocenters. The van der Waals surface area contributed by atoms with Crippen LogP contribution in [0, 0.1) is 5.92 Å². The van der Waals surface area contributed by atoms with Crippen LogP contribution in [0.1, 0.15) is 36.2 Å². The van der Waals surface area contributed by atoms with E-state index in [1.807, 2.05) is 0 Å². The monoisotopic (exact) mass is 235 g/mol. The van der Waals surface area contributed by atoms with Crippen molar-refractivity contribution in [2.45, 2.75) is 31.7 Å². The number of hydrogen-bond donors (Lipinski definition) is 1. The van der Waals surface area contributed by atoms with Crippen LogP contribution in [0.4, 0.5) is 0 Å². The number of carbonyl (C=O) groups excluding carboxylic acids is 1. The van der Waals surface area contributed by atoms with E-state index in [1.165, 1.54) is 19.5 Å². The maximum atomic E-state index is 12.3. The zero-order valence-electron chi connectivity index (χ0n) is 9.93. The van der Waals surface area contributed by atoms with Crippen molar-refractivity contribution in [1.82, 2.24) is 9.97 Å². The molecule has 0 radical (unpaired) electrons. The molecule has 1 fully saturated rings. The molecule has 0 bridgehead atoms. The van der Waals surface area contributed by atoms with Crippen molar-refractivity contribution in [2.75, 3.05) is 7.11 Å². The highest BCUT2D eigenvalue weighted by molar-refractivity contribution is 5.98. The average Bonchev–Trinajstić information content (AvgIpc) is 2.38. The molecule has 5 heteroatoms. The highest BCUT2D eigenvalue weighted by atomic mass is 16.5. The molecule has 92 valence electrons. The fourth-order valence-corrected chi connectivity index (χ4v) is 2.30. The summed E-state index contributed by atoms with van der Waals surface area (Å²) >= 11 is 0. The third-order valence-electron chi connectivity index (χ3n) is 3.25. The summed E-state index contributed by atoms with van der Waals surface area (Å²) in [5, 5.41) is 0. The molecule has 2 rings (SSSR count). The molecule has 1 aliphatic rings. The fourth-order valence-electron chi connectivity index (χ4n) is 2.30. The summed E-state index contributed by atoms with van der Waals surface area (Å²) in [7, 11) is 1.49. The van der Waals surface area contributed by atoms with E-state index in [0.717, 1.165) is 25.7 Å². The molecule has 0 spiro atoms. The summed E-state index contributed by atoms with van der Waals surface area (Å²) in [5.41, 5.74) is 6.30. The first-order valence-electron chi connectivity index (χ1n) is 5.89. The van der Waals surface area contributed by atoms with E-state index in [1.54, 1.807) is 0 Å². The molecule has 2 unspecified atom stereocenters. The van der Waals surface area contributed by atoms with Crippen LogP contribution in [0.5, 0.6) is 5.88 Å². The summed E-state index contributed by atoms with van der Waals surface area (Å²) in [4.78, 5) is 20.4. The standard InChI is InChI=1S/C12H17N3O2/c1-17-12-10(14-6-7-15-12)11(16)8-4-2-3-5-9(8)13/h6-9H,2-5,13H2,1H3. The molecule has 0 saturated heterocycles. The van der Waals surface area contributed by atoms with Crippen molar-refractivity contribution in [1.29, 1.82) is 0 Å². The van der Waals surface area contributed by atoms with Gasteiger partial charge in [-0.15, -0.1) is 0 Å². The van der Waals surface area contributed by atoms with E-state index in [-0.39, 0.29) is 23.6 Å². The Kier molecular flexibility index (Phi) is 3.68. The second kappa shape index (κ2) is 5.23. The number of rotatable bonds is 3. The van der Waals surface area contributed by atoms with Gasteiger partial charge in [-0.1, -0.05) is 12.8 Å². The minimum Gasteiger partial charge on any atom is -0.479 e. The van der Waals surface area contributed by atoms with Crippen LogP contribution < -0.4 is 10.5 Å². The van der Waals surface area contributed by atoms with Crippen molar-refractivity contribution in [2.24, 2.45) is 11.7 Å². The Labute approximate surface area is 100 Å². The number of aromatic nitrogens is 2. The van der Waals surface area contributed by atoms with E-state index >= 15 is 0 Å². The van der Waals surface area contributed by atoms with E-state index < -0.39 is 0 Å². The molecular formula is C12H17N3O2. The van der Waals surface area contributed by atoms with Gasteiger partial charge in [-0.25, -0.2) is 9.97 Å². The Bertz CT molecular complexity index is 408. The minimum atomic E-state index is -0.144. The summed E-state index contributed by atoms with van der Waals surface area (Å²) in [6, 6.07) is -0.0667. The van der Waals surface area contributed by atoms with Gasteiger partial charge in [0, 0.05) is 24.4 Å². The Morgan fingerprint density at radius 2 is 2.06 bits per heavy atom. The molecular weight excluding hydrogens is 218 g/mol. The second-order valence-corrected chi connectivity index (χ2v) is 4.33. The van der Waals surface area contributed by atoms with Gasteiger partial charge in [-0.3, -0.25) is 4.79 Å². The lowest BCUT2D eigenvalue weighted by Gasteiger charge is -2.27. The number of hydrogen-bond acceptors (Lipinski definition) is 5. The molecule has 1 heterocycles. The molecule has 1 saturated carbocycles. The van der Waals surface area contributed by atoms with Gasteiger partial charge < -0.3 is 10.5 Å². The van der Waals surface area contributed by atoms with Crippen molar-refractivity contribution >= 4 is 5.78 Å². The lowest BCUT2D eigenvalue weighted by Crippen LogP contribution is -2.38. The van der Waals surface area contributed by atoms with Crippen LogP contribution in [-0.2, 0) is 0 Å². The van der Waals surface area contributed by atoms with Crippen LogP contribution in [-0.4, -0.2) is 28.9 Å². The minimum absolute atomic E-state index is 0.0397. The Morgan fingerprint density at radius 1 is 1.35 bits per heavy atom. The van der Waals surface area contributed by atoms with Crippen molar-refractivity contribution in [3.05, 3.63) is 18.1 Å². The fraction of sp³-hybridized carbons (Fsp3) is 0.583. The van der Waals surface area contributed by atoms with Crippen molar-refractivity contribution in [3.63, 3.8) is 0 Å². The van der Waals surface area contributed by atoms with Crippen molar-refractivity contribution < 1.29 is 9.53 Å². The predicted molar refractivity (Wildman–Crippen MR) is 62.8 cm³/mol. The van der Waals surface area contributed by atoms with Crippen LogP contribution >= 0.6 is 0 Å². The van der Waals surface area contributed by atoms with Crippen LogP contribution in [0.3, 0.4) is 0 Å². The molecule has 2 N–H and O–H groups in total. The summed E-state index contributed by atoms with van der Waals surface area (Å²) in [6.07, 6.45) is 6.90. The summed E-state index contributed by atoms with van der Waals surface area (Å²) < 4.78 is 5.06. The maximum Gasteiger partial charge on any atom is 0.243 e. The first kappa shape index (κ1) is 12.0. The first-order valence-corrected chi connectivity index (χ1v) is 5.89. The van der Waals surface area contributed by atoms with E-state index in [2.05, 4.69) is 9.97 Å². The molecule has 5 nitrogen and oxygen atoms in total. The van der Waals surface area contributed by atoms with Gasteiger partial charge in [0.25, 0.3) is 0 Å². The number of Topliss-reactive ketones (excluding diaryl/α,β-unsaturated/α-hetero) is 1. The lowest BCUT2D eigenvalue weighted by molar-refractivity contribution is 0.0861. The van der Waals surface area contributed by atoms with Gasteiger partial charge in [0.15, 0.2) is 11.5 Å². The molecule has 1 aromatic rings. The third kappa shape index (κ3) is 2.44. The summed E-state index contributed by atoms with van der Waals surface area (Å²) in [5.74, 6) is 0.103. The Balaban J connectivity index is 2.23. The van der Waals surface area contributed by atoms with Gasteiger partial charge in [-0.2, -0.15) is 0 Å². The highest BCUT2D eigenvalue weighted by Crippen LogP contribution is 2.27. The number of methoxy groups -OCH3 is 1. The topological polar surface area (TPSA) is 78.1 Å². The Morgan fingerprint density at radius 3 is 2.76 bits per heavy atom. The molecule has 0 aromatic carbocycles. The van der Waals surface area contributed by atoms with Gasteiger partial charge in [0.05, 0.1) is 7.11 Å². The second-order valence-electron chi connectivity index (χ2n) is 4.33. The predicted octanol–water partition coefficient (Wildman–Crippen LogP) is 1.19. The normalized spacial score (nSPS) is 24.4. The van der Waals surface area contributed by atoms with Crippen LogP contribution in [0.15, 0.2) is 12.4 Å². The SMILES string of the molecule is COc1nccnc1C(=O)C1CCCCC1N. The van der Waals surface area contributed by atoms with E-state index in [0.29, 0.717) is 5.69 Å². The van der Waals surface area contributed by atoms with E-state index in [4.69, 9.17) is 10.5 Å². The van der Waals surface area contributed by atoms with Gasteiger partial charge >= 0.3 is 0 Å². The van der Waals surface area contributed by atoms with Gasteiger partial charge in [-0.05, 0) is 12.8 Å². The molecule has 1 aliphatic carbocycles. The molecule has 1 aromatic heterocycles. The Hall–Kier alpha value is -1.49. The molecule has 0 amide bonds. The highest BCUT2D eigenvalue weighted by Gasteiger charge is 2.31. The summed E-state index contributed by atoms with van der Waals surface area (Å²) in [6.45, 7) is 0. The average molecular weight is 235 g/mol. The zero-order valence-corrected chi connectivity index (χ0v) is 9.93. The molecule has 0 aliphatic heterocycles. The quantitative estimate of drug-likeness (QED) is 0.796. The van der Waals surface area contributed by atoms with Crippen molar-refractivity contribution in [3.8, 4) is 5.88 Å². The first-order chi connectivity index (χ1) is 8.24. The number of ether oxygens (including phenoxy) is 1. The number of nitrogens with two attached hydrogens (primary N) is 1. The number of carbonyl (C=O) groups is 1.